The Hall–Kier alpha value is -1.85. The monoisotopic (exact) mass is 283 g/mol. The van der Waals surface area contributed by atoms with Crippen molar-refractivity contribution >= 4 is 11.7 Å². The molecule has 2 unspecified atom stereocenters. The SMILES string of the molecule is CC1(C(F)(F)F)C(=O)CCN2C(=O)c3ccccc3C21. The van der Waals surface area contributed by atoms with Crippen molar-refractivity contribution in [2.75, 3.05) is 6.54 Å². The summed E-state index contributed by atoms with van der Waals surface area (Å²) < 4.78 is 40.4. The lowest BCUT2D eigenvalue weighted by Crippen LogP contribution is -2.56. The van der Waals surface area contributed by atoms with E-state index in [0.717, 1.165) is 6.92 Å². The van der Waals surface area contributed by atoms with Crippen LogP contribution >= 0.6 is 0 Å². The number of hydrogen-bond acceptors (Lipinski definition) is 2. The third kappa shape index (κ3) is 1.42. The number of piperidine rings is 1. The summed E-state index contributed by atoms with van der Waals surface area (Å²) in [5.41, 5.74) is -1.97. The first-order chi connectivity index (χ1) is 9.28. The minimum absolute atomic E-state index is 0.0443. The molecule has 0 aliphatic carbocycles. The summed E-state index contributed by atoms with van der Waals surface area (Å²) in [6.07, 6.45) is -4.95. The van der Waals surface area contributed by atoms with Crippen LogP contribution < -0.4 is 0 Å². The van der Waals surface area contributed by atoms with E-state index in [1.165, 1.54) is 17.0 Å². The molecule has 1 fully saturated rings. The summed E-state index contributed by atoms with van der Waals surface area (Å²) >= 11 is 0. The highest BCUT2D eigenvalue weighted by Crippen LogP contribution is 2.56. The standard InChI is InChI=1S/C14H12F3NO2/c1-13(14(15,16)17)10(19)6-7-18-11(13)8-4-2-3-5-9(8)12(18)20/h2-5,11H,6-7H2,1H3. The minimum Gasteiger partial charge on any atom is -0.330 e. The molecule has 0 spiro atoms. The molecule has 1 amide bonds. The lowest BCUT2D eigenvalue weighted by Gasteiger charge is -2.44. The van der Waals surface area contributed by atoms with Gasteiger partial charge in [0.1, 0.15) is 5.41 Å². The second-order valence-electron chi connectivity index (χ2n) is 5.36. The topological polar surface area (TPSA) is 37.4 Å². The molecule has 0 bridgehead atoms. The second-order valence-corrected chi connectivity index (χ2v) is 5.36. The van der Waals surface area contributed by atoms with E-state index in [1.54, 1.807) is 12.1 Å². The van der Waals surface area contributed by atoms with Gasteiger partial charge in [0.15, 0.2) is 5.78 Å². The largest absolute Gasteiger partial charge is 0.403 e. The minimum atomic E-state index is -4.69. The van der Waals surface area contributed by atoms with Crippen molar-refractivity contribution in [2.45, 2.75) is 25.6 Å². The van der Waals surface area contributed by atoms with Crippen LogP contribution in [0.25, 0.3) is 0 Å². The normalized spacial score (nSPS) is 29.4. The molecule has 106 valence electrons. The Morgan fingerprint density at radius 3 is 2.55 bits per heavy atom. The Morgan fingerprint density at radius 1 is 1.25 bits per heavy atom. The lowest BCUT2D eigenvalue weighted by atomic mass is 9.71. The molecular weight excluding hydrogens is 271 g/mol. The molecule has 0 saturated carbocycles. The Morgan fingerprint density at radius 2 is 1.90 bits per heavy atom. The summed E-state index contributed by atoms with van der Waals surface area (Å²) in [4.78, 5) is 25.3. The number of alkyl halides is 3. The van der Waals surface area contributed by atoms with Gasteiger partial charge in [-0.3, -0.25) is 9.59 Å². The quantitative estimate of drug-likeness (QED) is 0.734. The van der Waals surface area contributed by atoms with Crippen LogP contribution in [0.3, 0.4) is 0 Å². The zero-order chi connectivity index (χ0) is 14.7. The maximum absolute atomic E-state index is 13.5. The van der Waals surface area contributed by atoms with E-state index in [4.69, 9.17) is 0 Å². The molecule has 1 saturated heterocycles. The second kappa shape index (κ2) is 3.84. The van der Waals surface area contributed by atoms with E-state index in [-0.39, 0.29) is 18.5 Å². The fourth-order valence-corrected chi connectivity index (χ4v) is 3.17. The first kappa shape index (κ1) is 13.1. The average Bonchev–Trinajstić information content (AvgIpc) is 2.67. The molecular formula is C14H12F3NO2. The summed E-state index contributed by atoms with van der Waals surface area (Å²) in [5, 5.41) is 0. The van der Waals surface area contributed by atoms with E-state index in [9.17, 15) is 22.8 Å². The van der Waals surface area contributed by atoms with Crippen LogP contribution in [0.15, 0.2) is 24.3 Å². The summed E-state index contributed by atoms with van der Waals surface area (Å²) in [6, 6.07) is 4.97. The van der Waals surface area contributed by atoms with Crippen LogP contribution in [-0.4, -0.2) is 29.3 Å². The molecule has 1 aromatic carbocycles. The third-order valence-electron chi connectivity index (χ3n) is 4.35. The molecule has 3 nitrogen and oxygen atoms in total. The van der Waals surface area contributed by atoms with Gasteiger partial charge >= 0.3 is 6.18 Å². The van der Waals surface area contributed by atoms with Gasteiger partial charge in [0.25, 0.3) is 5.91 Å². The summed E-state index contributed by atoms with van der Waals surface area (Å²) in [5.74, 6) is -1.27. The molecule has 3 rings (SSSR count). The van der Waals surface area contributed by atoms with Crippen LogP contribution in [-0.2, 0) is 4.79 Å². The predicted molar refractivity (Wildman–Crippen MR) is 64.0 cm³/mol. The van der Waals surface area contributed by atoms with Gasteiger partial charge in [0.05, 0.1) is 6.04 Å². The van der Waals surface area contributed by atoms with Gasteiger partial charge < -0.3 is 4.90 Å². The molecule has 0 radical (unpaired) electrons. The van der Waals surface area contributed by atoms with Gasteiger partial charge in [-0.05, 0) is 18.6 Å². The number of nitrogens with zero attached hydrogens (tertiary/aromatic N) is 1. The molecule has 2 heterocycles. The Kier molecular flexibility index (Phi) is 2.52. The highest BCUT2D eigenvalue weighted by Gasteiger charge is 2.66. The van der Waals surface area contributed by atoms with Gasteiger partial charge in [0.2, 0.25) is 0 Å². The number of hydrogen-bond donors (Lipinski definition) is 0. The molecule has 0 aromatic heterocycles. The third-order valence-corrected chi connectivity index (χ3v) is 4.35. The van der Waals surface area contributed by atoms with E-state index >= 15 is 0 Å². The fraction of sp³-hybridized carbons (Fsp3) is 0.429. The fourth-order valence-electron chi connectivity index (χ4n) is 3.17. The Labute approximate surface area is 113 Å². The zero-order valence-corrected chi connectivity index (χ0v) is 10.7. The number of rotatable bonds is 0. The summed E-state index contributed by atoms with van der Waals surface area (Å²) in [6.45, 7) is 0.949. The Bertz CT molecular complexity index is 611. The smallest absolute Gasteiger partial charge is 0.330 e. The molecule has 20 heavy (non-hydrogen) atoms. The van der Waals surface area contributed by atoms with Gasteiger partial charge in [0, 0.05) is 18.5 Å². The van der Waals surface area contributed by atoms with Crippen molar-refractivity contribution in [3.63, 3.8) is 0 Å². The van der Waals surface area contributed by atoms with E-state index < -0.39 is 29.3 Å². The van der Waals surface area contributed by atoms with Crippen LogP contribution in [0.2, 0.25) is 0 Å². The highest BCUT2D eigenvalue weighted by molar-refractivity contribution is 6.02. The van der Waals surface area contributed by atoms with Crippen LogP contribution in [0.1, 0.15) is 35.3 Å². The number of carbonyl (C=O) groups is 2. The van der Waals surface area contributed by atoms with Crippen LogP contribution in [0.5, 0.6) is 0 Å². The van der Waals surface area contributed by atoms with Gasteiger partial charge in [-0.15, -0.1) is 0 Å². The van der Waals surface area contributed by atoms with Crippen molar-refractivity contribution in [1.82, 2.24) is 4.90 Å². The predicted octanol–water partition coefficient (Wildman–Crippen LogP) is 2.72. The van der Waals surface area contributed by atoms with Crippen molar-refractivity contribution < 1.29 is 22.8 Å². The van der Waals surface area contributed by atoms with Gasteiger partial charge in [-0.25, -0.2) is 0 Å². The molecule has 6 heteroatoms. The maximum Gasteiger partial charge on any atom is 0.403 e. The van der Waals surface area contributed by atoms with Gasteiger partial charge in [-0.2, -0.15) is 13.2 Å². The van der Waals surface area contributed by atoms with Crippen LogP contribution in [0.4, 0.5) is 13.2 Å². The lowest BCUT2D eigenvalue weighted by molar-refractivity contribution is -0.235. The molecule has 0 N–H and O–H groups in total. The Balaban J connectivity index is 2.23. The highest BCUT2D eigenvalue weighted by atomic mass is 19.4. The van der Waals surface area contributed by atoms with Crippen LogP contribution in [0, 0.1) is 5.41 Å². The van der Waals surface area contributed by atoms with E-state index in [1.807, 2.05) is 0 Å². The number of benzene rings is 1. The number of ketones is 1. The molecule has 2 aliphatic rings. The average molecular weight is 283 g/mol. The maximum atomic E-state index is 13.5. The van der Waals surface area contributed by atoms with Crippen molar-refractivity contribution in [3.8, 4) is 0 Å². The summed E-state index contributed by atoms with van der Waals surface area (Å²) in [7, 11) is 0. The number of carbonyl (C=O) groups excluding carboxylic acids is 2. The number of amides is 1. The van der Waals surface area contributed by atoms with E-state index in [2.05, 4.69) is 0 Å². The van der Waals surface area contributed by atoms with Crippen molar-refractivity contribution in [2.24, 2.45) is 5.41 Å². The number of halogens is 3. The van der Waals surface area contributed by atoms with E-state index in [0.29, 0.717) is 5.56 Å². The number of Topliss-reactive ketones (excluding diaryl/α,β-unsaturated/α-hetero) is 1. The first-order valence-corrected chi connectivity index (χ1v) is 6.28. The number of fused-ring (bicyclic) bond motifs is 3. The van der Waals surface area contributed by atoms with Crippen molar-refractivity contribution in [1.29, 1.82) is 0 Å². The zero-order valence-electron chi connectivity index (χ0n) is 10.7. The molecule has 1 aromatic rings. The first-order valence-electron chi connectivity index (χ1n) is 6.28. The van der Waals surface area contributed by atoms with Crippen molar-refractivity contribution in [3.05, 3.63) is 35.4 Å². The van der Waals surface area contributed by atoms with Gasteiger partial charge in [-0.1, -0.05) is 18.2 Å². The molecule has 2 aliphatic heterocycles. The molecule has 2 atom stereocenters.